The molecule has 2 heterocycles. The van der Waals surface area contributed by atoms with Crippen LogP contribution in [-0.2, 0) is 0 Å². The quantitative estimate of drug-likeness (QED) is 0.869. The smallest absolute Gasteiger partial charge is 0.247 e. The molecule has 1 aliphatic rings. The Bertz CT molecular complexity index is 345. The molecule has 0 radical (unpaired) electrons. The van der Waals surface area contributed by atoms with Crippen LogP contribution in [0, 0.1) is 0 Å². The van der Waals surface area contributed by atoms with E-state index < -0.39 is 0 Å². The van der Waals surface area contributed by atoms with Crippen molar-refractivity contribution in [3.8, 4) is 0 Å². The minimum absolute atomic E-state index is 0.365. The largest absolute Gasteiger partial charge is 0.366 e. The standard InChI is InChI=1S/C12H21N5/c1-10(2)14-11-9-13-16-12(15-11)17-7-5-3-4-6-8-17/h9-10H,3-8H2,1-2H3,(H,14,15,16). The van der Waals surface area contributed by atoms with E-state index >= 15 is 0 Å². The summed E-state index contributed by atoms with van der Waals surface area (Å²) in [5.74, 6) is 1.58. The van der Waals surface area contributed by atoms with Gasteiger partial charge in [0.05, 0.1) is 6.20 Å². The summed E-state index contributed by atoms with van der Waals surface area (Å²) >= 11 is 0. The Morgan fingerprint density at radius 1 is 1.18 bits per heavy atom. The van der Waals surface area contributed by atoms with Gasteiger partial charge in [0, 0.05) is 19.1 Å². The summed E-state index contributed by atoms with van der Waals surface area (Å²) in [7, 11) is 0. The molecule has 94 valence electrons. The fraction of sp³-hybridized carbons (Fsp3) is 0.750. The normalized spacial score (nSPS) is 17.0. The van der Waals surface area contributed by atoms with Gasteiger partial charge in [0.25, 0.3) is 0 Å². The summed E-state index contributed by atoms with van der Waals surface area (Å²) < 4.78 is 0. The van der Waals surface area contributed by atoms with Gasteiger partial charge in [0.15, 0.2) is 5.82 Å². The summed E-state index contributed by atoms with van der Waals surface area (Å²) in [6.07, 6.45) is 6.76. The van der Waals surface area contributed by atoms with Crippen LogP contribution in [0.1, 0.15) is 39.5 Å². The van der Waals surface area contributed by atoms with Crippen molar-refractivity contribution in [3.05, 3.63) is 6.20 Å². The first-order valence-corrected chi connectivity index (χ1v) is 6.47. The molecule has 0 bridgehead atoms. The van der Waals surface area contributed by atoms with Gasteiger partial charge in [-0.15, -0.1) is 5.10 Å². The SMILES string of the molecule is CC(C)Nc1cnnc(N2CCCCCC2)n1. The molecule has 1 N–H and O–H groups in total. The molecular weight excluding hydrogens is 214 g/mol. The van der Waals surface area contributed by atoms with Crippen LogP contribution in [0.4, 0.5) is 11.8 Å². The van der Waals surface area contributed by atoms with Gasteiger partial charge < -0.3 is 10.2 Å². The molecule has 0 spiro atoms. The van der Waals surface area contributed by atoms with Crippen LogP contribution in [0.5, 0.6) is 0 Å². The summed E-state index contributed by atoms with van der Waals surface area (Å²) in [5.41, 5.74) is 0. The van der Waals surface area contributed by atoms with Crippen molar-refractivity contribution in [1.29, 1.82) is 0 Å². The van der Waals surface area contributed by atoms with Gasteiger partial charge in [-0.05, 0) is 26.7 Å². The Balaban J connectivity index is 2.08. The fourth-order valence-corrected chi connectivity index (χ4v) is 2.06. The van der Waals surface area contributed by atoms with Crippen LogP contribution in [0.3, 0.4) is 0 Å². The van der Waals surface area contributed by atoms with Crippen molar-refractivity contribution in [2.24, 2.45) is 0 Å². The highest BCUT2D eigenvalue weighted by Gasteiger charge is 2.13. The first kappa shape index (κ1) is 12.1. The molecule has 5 heteroatoms. The zero-order chi connectivity index (χ0) is 12.1. The molecule has 0 aromatic carbocycles. The maximum absolute atomic E-state index is 4.52. The van der Waals surface area contributed by atoms with Gasteiger partial charge in [-0.25, -0.2) is 0 Å². The number of rotatable bonds is 3. The van der Waals surface area contributed by atoms with E-state index in [9.17, 15) is 0 Å². The molecule has 1 aromatic rings. The minimum atomic E-state index is 0.365. The van der Waals surface area contributed by atoms with E-state index in [0.29, 0.717) is 6.04 Å². The van der Waals surface area contributed by atoms with Crippen LogP contribution >= 0.6 is 0 Å². The number of nitrogens with one attached hydrogen (secondary N) is 1. The molecule has 2 rings (SSSR count). The van der Waals surface area contributed by atoms with E-state index in [1.807, 2.05) is 0 Å². The van der Waals surface area contributed by atoms with Gasteiger partial charge in [0.2, 0.25) is 5.95 Å². The summed E-state index contributed by atoms with van der Waals surface area (Å²) in [6, 6.07) is 0.365. The molecule has 0 saturated carbocycles. The number of aromatic nitrogens is 3. The number of hydrogen-bond donors (Lipinski definition) is 1. The minimum Gasteiger partial charge on any atom is -0.366 e. The molecule has 0 aliphatic carbocycles. The molecule has 1 fully saturated rings. The van der Waals surface area contributed by atoms with Crippen molar-refractivity contribution in [2.45, 2.75) is 45.6 Å². The zero-order valence-corrected chi connectivity index (χ0v) is 10.7. The topological polar surface area (TPSA) is 53.9 Å². The average Bonchev–Trinajstić information content (AvgIpc) is 2.57. The van der Waals surface area contributed by atoms with E-state index in [4.69, 9.17) is 0 Å². The van der Waals surface area contributed by atoms with Crippen molar-refractivity contribution in [3.63, 3.8) is 0 Å². The lowest BCUT2D eigenvalue weighted by molar-refractivity contribution is 0.726. The van der Waals surface area contributed by atoms with Crippen molar-refractivity contribution < 1.29 is 0 Å². The van der Waals surface area contributed by atoms with Crippen LogP contribution in [-0.4, -0.2) is 34.3 Å². The van der Waals surface area contributed by atoms with Gasteiger partial charge in [-0.1, -0.05) is 12.8 Å². The Morgan fingerprint density at radius 2 is 1.88 bits per heavy atom. The molecule has 1 saturated heterocycles. The third kappa shape index (κ3) is 3.54. The predicted octanol–water partition coefficient (Wildman–Crippen LogP) is 2.07. The fourth-order valence-electron chi connectivity index (χ4n) is 2.06. The van der Waals surface area contributed by atoms with Crippen LogP contribution in [0.2, 0.25) is 0 Å². The summed E-state index contributed by atoms with van der Waals surface area (Å²) in [6.45, 7) is 6.28. The molecule has 0 atom stereocenters. The van der Waals surface area contributed by atoms with Crippen LogP contribution in [0.15, 0.2) is 6.20 Å². The lowest BCUT2D eigenvalue weighted by Crippen LogP contribution is -2.26. The van der Waals surface area contributed by atoms with E-state index in [0.717, 1.165) is 24.9 Å². The molecule has 0 unspecified atom stereocenters. The first-order valence-electron chi connectivity index (χ1n) is 6.47. The van der Waals surface area contributed by atoms with Gasteiger partial charge in [0.1, 0.15) is 0 Å². The Labute approximate surface area is 103 Å². The molecule has 1 aliphatic heterocycles. The molecule has 1 aromatic heterocycles. The second-order valence-electron chi connectivity index (χ2n) is 4.84. The summed E-state index contributed by atoms with van der Waals surface area (Å²) in [5, 5.41) is 11.4. The lowest BCUT2D eigenvalue weighted by Gasteiger charge is -2.20. The highest BCUT2D eigenvalue weighted by Crippen LogP contribution is 2.16. The Kier molecular flexibility index (Phi) is 4.12. The van der Waals surface area contributed by atoms with Crippen LogP contribution in [0.25, 0.3) is 0 Å². The average molecular weight is 235 g/mol. The second-order valence-corrected chi connectivity index (χ2v) is 4.84. The van der Waals surface area contributed by atoms with Gasteiger partial charge in [-0.2, -0.15) is 10.1 Å². The molecule has 5 nitrogen and oxygen atoms in total. The molecular formula is C12H21N5. The monoisotopic (exact) mass is 235 g/mol. The van der Waals surface area contributed by atoms with E-state index in [1.165, 1.54) is 25.7 Å². The van der Waals surface area contributed by atoms with Crippen molar-refractivity contribution in [1.82, 2.24) is 15.2 Å². The molecule has 0 amide bonds. The number of anilines is 2. The first-order chi connectivity index (χ1) is 8.25. The third-order valence-corrected chi connectivity index (χ3v) is 2.87. The Hall–Kier alpha value is -1.39. The Morgan fingerprint density at radius 3 is 2.53 bits per heavy atom. The van der Waals surface area contributed by atoms with E-state index in [-0.39, 0.29) is 0 Å². The maximum atomic E-state index is 4.52. The van der Waals surface area contributed by atoms with Gasteiger partial charge in [-0.3, -0.25) is 0 Å². The van der Waals surface area contributed by atoms with Crippen molar-refractivity contribution >= 4 is 11.8 Å². The summed E-state index contributed by atoms with van der Waals surface area (Å²) in [4.78, 5) is 6.76. The van der Waals surface area contributed by atoms with E-state index in [1.54, 1.807) is 6.20 Å². The molecule has 17 heavy (non-hydrogen) atoms. The maximum Gasteiger partial charge on any atom is 0.247 e. The van der Waals surface area contributed by atoms with Crippen molar-refractivity contribution in [2.75, 3.05) is 23.3 Å². The predicted molar refractivity (Wildman–Crippen MR) is 69.3 cm³/mol. The third-order valence-electron chi connectivity index (χ3n) is 2.87. The highest BCUT2D eigenvalue weighted by molar-refractivity contribution is 5.39. The highest BCUT2D eigenvalue weighted by atomic mass is 15.3. The lowest BCUT2D eigenvalue weighted by atomic mass is 10.2. The number of hydrogen-bond acceptors (Lipinski definition) is 5. The van der Waals surface area contributed by atoms with Gasteiger partial charge >= 0.3 is 0 Å². The van der Waals surface area contributed by atoms with E-state index in [2.05, 4.69) is 39.2 Å². The zero-order valence-electron chi connectivity index (χ0n) is 10.7. The number of nitrogens with zero attached hydrogens (tertiary/aromatic N) is 4. The second kappa shape index (κ2) is 5.80. The van der Waals surface area contributed by atoms with Crippen LogP contribution < -0.4 is 10.2 Å².